The van der Waals surface area contributed by atoms with Gasteiger partial charge < -0.3 is 5.32 Å². The predicted octanol–water partition coefficient (Wildman–Crippen LogP) is 2.61. The first kappa shape index (κ1) is 10.7. The van der Waals surface area contributed by atoms with Gasteiger partial charge in [-0.25, -0.2) is 4.39 Å². The molecule has 1 N–H and O–H groups in total. The zero-order valence-corrected chi connectivity index (χ0v) is 8.52. The fourth-order valence-electron chi connectivity index (χ4n) is 0.817. The summed E-state index contributed by atoms with van der Waals surface area (Å²) in [6.07, 6.45) is 0. The summed E-state index contributed by atoms with van der Waals surface area (Å²) in [6, 6.07) is 6.84. The van der Waals surface area contributed by atoms with Crippen molar-refractivity contribution in [3.63, 3.8) is 0 Å². The summed E-state index contributed by atoms with van der Waals surface area (Å²) in [4.78, 5) is 11.5. The van der Waals surface area contributed by atoms with E-state index in [0.29, 0.717) is 0 Å². The Morgan fingerprint density at radius 1 is 1.50 bits per heavy atom. The number of nitrogens with one attached hydrogen (secondary N) is 1. The van der Waals surface area contributed by atoms with Crippen LogP contribution in [0.1, 0.15) is 20.8 Å². The van der Waals surface area contributed by atoms with Crippen molar-refractivity contribution in [3.8, 4) is 0 Å². The fraction of sp³-hybridized carbons (Fsp3) is 0.364. The van der Waals surface area contributed by atoms with Gasteiger partial charge in [0.05, 0.1) is 5.69 Å². The molecule has 14 heavy (non-hydrogen) atoms. The molecule has 0 bridgehead atoms. The van der Waals surface area contributed by atoms with Crippen LogP contribution in [0.5, 0.6) is 0 Å². The Kier molecular flexibility index (Phi) is 2.89. The molecule has 0 fully saturated rings. The van der Waals surface area contributed by atoms with E-state index in [1.807, 2.05) is 0 Å². The zero-order valence-electron chi connectivity index (χ0n) is 8.52. The van der Waals surface area contributed by atoms with Gasteiger partial charge in [0.1, 0.15) is 5.82 Å². The van der Waals surface area contributed by atoms with E-state index in [2.05, 4.69) is 11.4 Å². The highest BCUT2D eigenvalue weighted by molar-refractivity contribution is 5.94. The zero-order chi connectivity index (χ0) is 10.8. The smallest absolute Gasteiger partial charge is 0.229 e. The summed E-state index contributed by atoms with van der Waals surface area (Å²) < 4.78 is 13.1. The second-order valence-corrected chi connectivity index (χ2v) is 4.11. The number of carbonyl (C=O) groups is 1. The molecule has 1 radical (unpaired) electrons. The molecule has 1 amide bonds. The molecule has 75 valence electrons. The maximum atomic E-state index is 13.1. The van der Waals surface area contributed by atoms with E-state index in [4.69, 9.17) is 0 Å². The van der Waals surface area contributed by atoms with Gasteiger partial charge in [-0.3, -0.25) is 4.79 Å². The van der Waals surface area contributed by atoms with E-state index in [0.717, 1.165) is 0 Å². The van der Waals surface area contributed by atoms with Crippen LogP contribution in [0.25, 0.3) is 0 Å². The van der Waals surface area contributed by atoms with Crippen LogP contribution in [-0.2, 0) is 4.79 Å². The third-order valence-corrected chi connectivity index (χ3v) is 1.74. The fourth-order valence-corrected chi connectivity index (χ4v) is 0.817. The van der Waals surface area contributed by atoms with Crippen molar-refractivity contribution in [1.29, 1.82) is 0 Å². The molecule has 0 saturated heterocycles. The normalized spacial score (nSPS) is 11.1. The number of hydrogen-bond acceptors (Lipinski definition) is 1. The maximum Gasteiger partial charge on any atom is 0.229 e. The number of benzene rings is 1. The summed E-state index contributed by atoms with van der Waals surface area (Å²) in [5, 5.41) is 2.50. The van der Waals surface area contributed by atoms with Gasteiger partial charge in [-0.1, -0.05) is 26.8 Å². The average Bonchev–Trinajstić information content (AvgIpc) is 2.07. The minimum Gasteiger partial charge on any atom is -0.323 e. The van der Waals surface area contributed by atoms with Crippen molar-refractivity contribution in [2.45, 2.75) is 20.8 Å². The molecule has 0 atom stereocenters. The van der Waals surface area contributed by atoms with Crippen LogP contribution in [0.3, 0.4) is 0 Å². The maximum absolute atomic E-state index is 13.1. The number of rotatable bonds is 1. The first-order chi connectivity index (χ1) is 6.41. The molecule has 3 heteroatoms. The second kappa shape index (κ2) is 3.78. The molecular formula is C11H13FNO. The largest absolute Gasteiger partial charge is 0.323 e. The Morgan fingerprint density at radius 2 is 2.14 bits per heavy atom. The minimum atomic E-state index is -0.526. The Hall–Kier alpha value is -1.38. The van der Waals surface area contributed by atoms with Gasteiger partial charge in [-0.05, 0) is 18.2 Å². The third-order valence-electron chi connectivity index (χ3n) is 1.74. The molecule has 0 aromatic heterocycles. The van der Waals surface area contributed by atoms with E-state index in [-0.39, 0.29) is 11.6 Å². The van der Waals surface area contributed by atoms with Crippen molar-refractivity contribution in [1.82, 2.24) is 0 Å². The highest BCUT2D eigenvalue weighted by Crippen LogP contribution is 2.18. The molecule has 2 nitrogen and oxygen atoms in total. The molecule has 1 aromatic rings. The second-order valence-electron chi connectivity index (χ2n) is 4.11. The number of carbonyl (C=O) groups excluding carboxylic acids is 1. The van der Waals surface area contributed by atoms with Crippen molar-refractivity contribution >= 4 is 11.6 Å². The van der Waals surface area contributed by atoms with Crippen LogP contribution in [0.2, 0.25) is 0 Å². The minimum absolute atomic E-state index is 0.174. The van der Waals surface area contributed by atoms with Crippen LogP contribution < -0.4 is 5.32 Å². The molecule has 0 heterocycles. The van der Waals surface area contributed by atoms with Crippen LogP contribution in [0, 0.1) is 17.3 Å². The van der Waals surface area contributed by atoms with Crippen LogP contribution in [0.15, 0.2) is 18.2 Å². The van der Waals surface area contributed by atoms with Crippen molar-refractivity contribution < 1.29 is 9.18 Å². The quantitative estimate of drug-likeness (QED) is 0.731. The summed E-state index contributed by atoms with van der Waals surface area (Å²) in [5.41, 5.74) is -0.352. The van der Waals surface area contributed by atoms with Gasteiger partial charge in [0, 0.05) is 5.41 Å². The first-order valence-corrected chi connectivity index (χ1v) is 4.38. The molecule has 1 aromatic carbocycles. The molecule has 0 spiro atoms. The highest BCUT2D eigenvalue weighted by Gasteiger charge is 2.21. The van der Waals surface area contributed by atoms with E-state index < -0.39 is 11.2 Å². The predicted molar refractivity (Wildman–Crippen MR) is 53.3 cm³/mol. The lowest BCUT2D eigenvalue weighted by Gasteiger charge is -2.17. The topological polar surface area (TPSA) is 29.1 Å². The SMILES string of the molecule is CC(C)(C)C(=O)Nc1c[c]ccc1F. The van der Waals surface area contributed by atoms with E-state index >= 15 is 0 Å². The molecule has 0 unspecified atom stereocenters. The lowest BCUT2D eigenvalue weighted by atomic mass is 9.95. The lowest BCUT2D eigenvalue weighted by Crippen LogP contribution is -2.27. The number of hydrogen-bond donors (Lipinski definition) is 1. The molecular weight excluding hydrogens is 181 g/mol. The summed E-state index contributed by atoms with van der Waals surface area (Å²) >= 11 is 0. The lowest BCUT2D eigenvalue weighted by molar-refractivity contribution is -0.123. The Labute approximate surface area is 83.1 Å². The number of amides is 1. The highest BCUT2D eigenvalue weighted by atomic mass is 19.1. The summed E-state index contributed by atoms with van der Waals surface area (Å²) in [5.74, 6) is -0.655. The van der Waals surface area contributed by atoms with Crippen LogP contribution in [-0.4, -0.2) is 5.91 Å². The Bertz CT molecular complexity index is 341. The van der Waals surface area contributed by atoms with E-state index in [9.17, 15) is 9.18 Å². The van der Waals surface area contributed by atoms with Crippen LogP contribution >= 0.6 is 0 Å². The van der Waals surface area contributed by atoms with Crippen molar-refractivity contribution in [2.75, 3.05) is 5.32 Å². The Morgan fingerprint density at radius 3 is 2.64 bits per heavy atom. The average molecular weight is 194 g/mol. The van der Waals surface area contributed by atoms with Gasteiger partial charge in [0.15, 0.2) is 0 Å². The number of anilines is 1. The molecule has 0 aliphatic heterocycles. The van der Waals surface area contributed by atoms with Gasteiger partial charge >= 0.3 is 0 Å². The monoisotopic (exact) mass is 194 g/mol. The summed E-state index contributed by atoms with van der Waals surface area (Å²) in [6.45, 7) is 5.31. The third kappa shape index (κ3) is 2.55. The van der Waals surface area contributed by atoms with Gasteiger partial charge in [0.25, 0.3) is 0 Å². The summed E-state index contributed by atoms with van der Waals surface area (Å²) in [7, 11) is 0. The van der Waals surface area contributed by atoms with Gasteiger partial charge in [-0.2, -0.15) is 0 Å². The molecule has 0 saturated carbocycles. The number of halogens is 1. The van der Waals surface area contributed by atoms with Crippen molar-refractivity contribution in [2.24, 2.45) is 5.41 Å². The van der Waals surface area contributed by atoms with E-state index in [1.54, 1.807) is 20.8 Å². The van der Waals surface area contributed by atoms with Crippen molar-refractivity contribution in [3.05, 3.63) is 30.1 Å². The Balaban J connectivity index is 2.80. The van der Waals surface area contributed by atoms with E-state index in [1.165, 1.54) is 18.2 Å². The molecule has 0 aliphatic carbocycles. The first-order valence-electron chi connectivity index (χ1n) is 4.38. The molecule has 0 aliphatic rings. The standard InChI is InChI=1S/C11H13FNO/c1-11(2,3)10(14)13-9-7-5-4-6-8(9)12/h4,6-7H,1-3H3,(H,13,14). The molecule has 1 rings (SSSR count). The van der Waals surface area contributed by atoms with Gasteiger partial charge in [-0.15, -0.1) is 0 Å². The van der Waals surface area contributed by atoms with Gasteiger partial charge in [0.2, 0.25) is 5.91 Å². The van der Waals surface area contributed by atoms with Crippen LogP contribution in [0.4, 0.5) is 10.1 Å².